The number of anilines is 1. The second kappa shape index (κ2) is 7.27. The van der Waals surface area contributed by atoms with Crippen LogP contribution in [-0.4, -0.2) is 16.5 Å². The van der Waals surface area contributed by atoms with Crippen LogP contribution in [0.1, 0.15) is 37.8 Å². The highest BCUT2D eigenvalue weighted by Crippen LogP contribution is 2.30. The Bertz CT molecular complexity index is 585. The van der Waals surface area contributed by atoms with Crippen LogP contribution in [0.25, 0.3) is 0 Å². The molecule has 1 aromatic heterocycles. The summed E-state index contributed by atoms with van der Waals surface area (Å²) < 4.78 is 5.88. The minimum absolute atomic E-state index is 0.278. The van der Waals surface area contributed by atoms with Gasteiger partial charge in [-0.1, -0.05) is 37.6 Å². The maximum absolute atomic E-state index is 5.88. The second-order valence-electron chi connectivity index (χ2n) is 5.04. The van der Waals surface area contributed by atoms with E-state index >= 15 is 0 Å². The van der Waals surface area contributed by atoms with E-state index in [4.69, 9.17) is 16.3 Å². The van der Waals surface area contributed by atoms with Gasteiger partial charge >= 0.3 is 0 Å². The summed E-state index contributed by atoms with van der Waals surface area (Å²) in [5, 5.41) is 3.98. The lowest BCUT2D eigenvalue weighted by atomic mass is 10.1. The van der Waals surface area contributed by atoms with Crippen LogP contribution >= 0.6 is 11.6 Å². The topological polar surface area (TPSA) is 47.0 Å². The number of benzene rings is 1. The molecule has 21 heavy (non-hydrogen) atoms. The quantitative estimate of drug-likeness (QED) is 0.866. The number of rotatable bonds is 6. The summed E-state index contributed by atoms with van der Waals surface area (Å²) in [6, 6.07) is 7.61. The molecule has 0 unspecified atom stereocenters. The SMILES string of the molecule is CCNc1ncnc(OCc2ccc(Cl)cc2)c1C(C)C. The molecule has 2 aromatic rings. The van der Waals surface area contributed by atoms with Gasteiger partial charge in [-0.05, 0) is 30.5 Å². The van der Waals surface area contributed by atoms with E-state index in [1.807, 2.05) is 31.2 Å². The van der Waals surface area contributed by atoms with E-state index in [1.165, 1.54) is 6.33 Å². The number of nitrogens with one attached hydrogen (secondary N) is 1. The predicted molar refractivity (Wildman–Crippen MR) is 86.1 cm³/mol. The van der Waals surface area contributed by atoms with Crippen molar-refractivity contribution in [2.75, 3.05) is 11.9 Å². The fraction of sp³-hybridized carbons (Fsp3) is 0.375. The van der Waals surface area contributed by atoms with E-state index < -0.39 is 0 Å². The second-order valence-corrected chi connectivity index (χ2v) is 5.48. The standard InChI is InChI=1S/C16H20ClN3O/c1-4-18-15-14(11(2)3)16(20-10-19-15)21-9-12-5-7-13(17)8-6-12/h5-8,10-11H,4,9H2,1-3H3,(H,18,19,20). The van der Waals surface area contributed by atoms with Crippen LogP contribution < -0.4 is 10.1 Å². The first-order valence-electron chi connectivity index (χ1n) is 7.07. The third kappa shape index (κ3) is 4.08. The van der Waals surface area contributed by atoms with Gasteiger partial charge in [-0.25, -0.2) is 9.97 Å². The van der Waals surface area contributed by atoms with Gasteiger partial charge in [-0.2, -0.15) is 0 Å². The first kappa shape index (κ1) is 15.6. The third-order valence-electron chi connectivity index (χ3n) is 3.06. The molecule has 5 heteroatoms. The summed E-state index contributed by atoms with van der Waals surface area (Å²) in [6.07, 6.45) is 1.53. The van der Waals surface area contributed by atoms with Gasteiger partial charge < -0.3 is 10.1 Å². The van der Waals surface area contributed by atoms with Gasteiger partial charge in [-0.15, -0.1) is 0 Å². The molecule has 2 rings (SSSR count). The van der Waals surface area contributed by atoms with E-state index in [1.54, 1.807) is 0 Å². The monoisotopic (exact) mass is 305 g/mol. The lowest BCUT2D eigenvalue weighted by Gasteiger charge is -2.16. The Morgan fingerprint density at radius 2 is 1.90 bits per heavy atom. The van der Waals surface area contributed by atoms with Crippen LogP contribution in [0.5, 0.6) is 5.88 Å². The van der Waals surface area contributed by atoms with Crippen LogP contribution in [0.4, 0.5) is 5.82 Å². The number of aromatic nitrogens is 2. The molecule has 4 nitrogen and oxygen atoms in total. The van der Waals surface area contributed by atoms with Crippen molar-refractivity contribution in [1.82, 2.24) is 9.97 Å². The summed E-state index contributed by atoms with van der Waals surface area (Å²) in [4.78, 5) is 8.57. The first-order chi connectivity index (χ1) is 10.1. The van der Waals surface area contributed by atoms with E-state index in [0.29, 0.717) is 12.5 Å². The Hall–Kier alpha value is -1.81. The molecule has 1 aromatic carbocycles. The van der Waals surface area contributed by atoms with Crippen LogP contribution in [-0.2, 0) is 6.61 Å². The average Bonchev–Trinajstić information content (AvgIpc) is 2.47. The van der Waals surface area contributed by atoms with Gasteiger partial charge in [0.1, 0.15) is 18.8 Å². The third-order valence-corrected chi connectivity index (χ3v) is 3.31. The van der Waals surface area contributed by atoms with E-state index in [9.17, 15) is 0 Å². The van der Waals surface area contributed by atoms with Gasteiger partial charge in [0, 0.05) is 11.6 Å². The van der Waals surface area contributed by atoms with Crippen LogP contribution in [0.15, 0.2) is 30.6 Å². The highest BCUT2D eigenvalue weighted by Gasteiger charge is 2.15. The number of halogens is 1. The Kier molecular flexibility index (Phi) is 5.39. The number of hydrogen-bond acceptors (Lipinski definition) is 4. The molecule has 0 saturated carbocycles. The van der Waals surface area contributed by atoms with Crippen molar-refractivity contribution in [2.24, 2.45) is 0 Å². The fourth-order valence-electron chi connectivity index (χ4n) is 2.06. The van der Waals surface area contributed by atoms with Crippen LogP contribution in [0.3, 0.4) is 0 Å². The van der Waals surface area contributed by atoms with E-state index in [0.717, 1.165) is 28.5 Å². The zero-order valence-corrected chi connectivity index (χ0v) is 13.3. The van der Waals surface area contributed by atoms with E-state index in [2.05, 4.69) is 29.1 Å². The largest absolute Gasteiger partial charge is 0.472 e. The molecule has 0 radical (unpaired) electrons. The van der Waals surface area contributed by atoms with E-state index in [-0.39, 0.29) is 5.92 Å². The molecule has 0 fully saturated rings. The normalized spacial score (nSPS) is 10.7. The first-order valence-corrected chi connectivity index (χ1v) is 7.45. The molecule has 0 atom stereocenters. The summed E-state index contributed by atoms with van der Waals surface area (Å²) in [7, 11) is 0. The Morgan fingerprint density at radius 3 is 2.52 bits per heavy atom. The molecule has 112 valence electrons. The molecule has 0 spiro atoms. The Morgan fingerprint density at radius 1 is 1.19 bits per heavy atom. The number of ether oxygens (including phenoxy) is 1. The van der Waals surface area contributed by atoms with Crippen molar-refractivity contribution < 1.29 is 4.74 Å². The smallest absolute Gasteiger partial charge is 0.222 e. The zero-order chi connectivity index (χ0) is 15.2. The van der Waals surface area contributed by atoms with Crippen molar-refractivity contribution in [2.45, 2.75) is 33.3 Å². The van der Waals surface area contributed by atoms with Gasteiger partial charge in [0.25, 0.3) is 0 Å². The molecule has 0 aliphatic heterocycles. The molecule has 0 amide bonds. The summed E-state index contributed by atoms with van der Waals surface area (Å²) in [5.74, 6) is 1.75. The molecule has 0 aliphatic carbocycles. The minimum atomic E-state index is 0.278. The van der Waals surface area contributed by atoms with Crippen molar-refractivity contribution in [1.29, 1.82) is 0 Å². The number of nitrogens with zero attached hydrogens (tertiary/aromatic N) is 2. The molecule has 0 bridgehead atoms. The van der Waals surface area contributed by atoms with Crippen molar-refractivity contribution in [3.63, 3.8) is 0 Å². The molecular formula is C16H20ClN3O. The highest BCUT2D eigenvalue weighted by atomic mass is 35.5. The zero-order valence-electron chi connectivity index (χ0n) is 12.6. The maximum atomic E-state index is 5.88. The van der Waals surface area contributed by atoms with Gasteiger partial charge in [0.2, 0.25) is 5.88 Å². The lowest BCUT2D eigenvalue weighted by molar-refractivity contribution is 0.289. The van der Waals surface area contributed by atoms with Gasteiger partial charge in [0.15, 0.2) is 0 Å². The maximum Gasteiger partial charge on any atom is 0.222 e. The highest BCUT2D eigenvalue weighted by molar-refractivity contribution is 6.30. The van der Waals surface area contributed by atoms with Crippen molar-refractivity contribution >= 4 is 17.4 Å². The lowest BCUT2D eigenvalue weighted by Crippen LogP contribution is -2.09. The Labute approximate surface area is 130 Å². The van der Waals surface area contributed by atoms with Gasteiger partial charge in [0.05, 0.1) is 5.56 Å². The molecule has 1 heterocycles. The van der Waals surface area contributed by atoms with Crippen molar-refractivity contribution in [3.05, 3.63) is 46.7 Å². The predicted octanol–water partition coefficient (Wildman–Crippen LogP) is 4.26. The summed E-state index contributed by atoms with van der Waals surface area (Å²) >= 11 is 5.88. The molecule has 1 N–H and O–H groups in total. The molecule has 0 saturated heterocycles. The number of hydrogen-bond donors (Lipinski definition) is 1. The minimum Gasteiger partial charge on any atom is -0.472 e. The molecular weight excluding hydrogens is 286 g/mol. The summed E-state index contributed by atoms with van der Waals surface area (Å²) in [5.41, 5.74) is 2.06. The van der Waals surface area contributed by atoms with Gasteiger partial charge in [-0.3, -0.25) is 0 Å². The van der Waals surface area contributed by atoms with Crippen LogP contribution in [0, 0.1) is 0 Å². The van der Waals surface area contributed by atoms with Crippen LogP contribution in [0.2, 0.25) is 5.02 Å². The molecule has 0 aliphatic rings. The Balaban J connectivity index is 2.19. The summed E-state index contributed by atoms with van der Waals surface area (Å²) in [6.45, 7) is 7.52. The average molecular weight is 306 g/mol. The fourth-order valence-corrected chi connectivity index (χ4v) is 2.18. The van der Waals surface area contributed by atoms with Crippen molar-refractivity contribution in [3.8, 4) is 5.88 Å².